The maximum absolute atomic E-state index is 13.4. The van der Waals surface area contributed by atoms with E-state index in [2.05, 4.69) is 66.5 Å². The van der Waals surface area contributed by atoms with Crippen LogP contribution in [0.3, 0.4) is 0 Å². The first-order valence-electron chi connectivity index (χ1n) is 14.4. The zero-order valence-corrected chi connectivity index (χ0v) is 23.2. The van der Waals surface area contributed by atoms with Gasteiger partial charge in [-0.3, -0.25) is 0 Å². The molecule has 0 saturated carbocycles. The van der Waals surface area contributed by atoms with Crippen molar-refractivity contribution in [3.05, 3.63) is 29.1 Å². The second kappa shape index (κ2) is 16.7. The van der Waals surface area contributed by atoms with Crippen molar-refractivity contribution in [3.8, 4) is 0 Å². The SMILES string of the molecule is CCCCCCC(C)(BC(=O)Cc1cccbc1CC(C)(CC)CCCC)CCCCCC. The molecule has 0 spiro atoms. The summed E-state index contributed by atoms with van der Waals surface area (Å²) < 4.78 is 0. The second-order valence-corrected chi connectivity index (χ2v) is 11.5. The van der Waals surface area contributed by atoms with Crippen molar-refractivity contribution in [2.24, 2.45) is 5.41 Å². The predicted molar refractivity (Wildman–Crippen MR) is 151 cm³/mol. The van der Waals surface area contributed by atoms with E-state index in [0.717, 1.165) is 13.7 Å². The van der Waals surface area contributed by atoms with Crippen molar-refractivity contribution < 1.29 is 4.79 Å². The van der Waals surface area contributed by atoms with Crippen molar-refractivity contribution in [1.29, 1.82) is 0 Å². The standard InChI is InChI=1S/C30H54B2O/c1-7-11-14-16-21-30(6,22-17-15-12-8-2)32-28(33)24-26-19-18-23-31-27(26)25-29(5,10-4)20-13-9-3/h18-19,23,32H,7-17,20-22,24-25H2,1-6H3. The molecular formula is C30H54B2O. The van der Waals surface area contributed by atoms with Crippen LogP contribution in [-0.2, 0) is 17.6 Å². The molecule has 0 radical (unpaired) electrons. The Hall–Kier alpha value is -0.850. The number of hydrogen-bond acceptors (Lipinski definition) is 1. The predicted octanol–water partition coefficient (Wildman–Crippen LogP) is 8.80. The molecule has 1 atom stereocenters. The summed E-state index contributed by atoms with van der Waals surface area (Å²) in [5.74, 6) is 2.16. The Balaban J connectivity index is 2.84. The molecule has 1 heterocycles. The van der Waals surface area contributed by atoms with E-state index in [4.69, 9.17) is 0 Å². The Morgan fingerprint density at radius 1 is 0.848 bits per heavy atom. The van der Waals surface area contributed by atoms with Gasteiger partial charge in [-0.25, -0.2) is 0 Å². The van der Waals surface area contributed by atoms with Crippen LogP contribution in [0.5, 0.6) is 0 Å². The third kappa shape index (κ3) is 12.4. The van der Waals surface area contributed by atoms with Gasteiger partial charge in [-0.2, -0.15) is 0 Å². The molecule has 1 unspecified atom stereocenters. The minimum atomic E-state index is 0.173. The fraction of sp³-hybridized carbons (Fsp3) is 0.800. The molecule has 0 saturated heterocycles. The summed E-state index contributed by atoms with van der Waals surface area (Å²) in [5.41, 5.74) is 3.46. The van der Waals surface area contributed by atoms with Crippen LogP contribution in [0.25, 0.3) is 0 Å². The topological polar surface area (TPSA) is 17.1 Å². The summed E-state index contributed by atoms with van der Waals surface area (Å²) in [7, 11) is 0.750. The van der Waals surface area contributed by atoms with Gasteiger partial charge in [0.15, 0.2) is 0 Å². The number of carbonyl (C=O) groups is 1. The molecule has 0 N–H and O–H groups in total. The molecular weight excluding hydrogens is 398 g/mol. The molecule has 186 valence electrons. The van der Waals surface area contributed by atoms with Crippen molar-refractivity contribution in [2.45, 2.75) is 150 Å². The van der Waals surface area contributed by atoms with Gasteiger partial charge in [0.05, 0.1) is 0 Å². The number of rotatable bonds is 20. The number of unbranched alkanes of at least 4 members (excludes halogenated alkanes) is 7. The number of carbonyl (C=O) groups excluding carboxylic acids is 1. The van der Waals surface area contributed by atoms with Crippen LogP contribution in [-0.4, -0.2) is 19.9 Å². The van der Waals surface area contributed by atoms with Gasteiger partial charge >= 0.3 is 209 Å². The molecule has 1 aromatic rings. The molecule has 3 heteroatoms. The van der Waals surface area contributed by atoms with E-state index in [1.165, 1.54) is 101 Å². The molecule has 0 bridgehead atoms. The van der Waals surface area contributed by atoms with E-state index in [1.807, 2.05) is 0 Å². The van der Waals surface area contributed by atoms with E-state index >= 15 is 0 Å². The molecule has 0 aromatic carbocycles. The summed E-state index contributed by atoms with van der Waals surface area (Å²) in [6, 6.07) is 4.33. The third-order valence-electron chi connectivity index (χ3n) is 8.00. The Bertz CT molecular complexity index is 644. The van der Waals surface area contributed by atoms with Crippen molar-refractivity contribution in [1.82, 2.24) is 0 Å². The van der Waals surface area contributed by atoms with E-state index in [-0.39, 0.29) is 5.31 Å². The van der Waals surface area contributed by atoms with Crippen LogP contribution < -0.4 is 0 Å². The van der Waals surface area contributed by atoms with E-state index in [1.54, 1.807) is 0 Å². The Labute approximate surface area is 208 Å². The summed E-state index contributed by atoms with van der Waals surface area (Å²) in [4.78, 5) is 13.4. The summed E-state index contributed by atoms with van der Waals surface area (Å²) in [6.45, 7) is 16.3. The molecule has 1 rings (SSSR count). The van der Waals surface area contributed by atoms with Gasteiger partial charge < -0.3 is 0 Å². The van der Waals surface area contributed by atoms with Gasteiger partial charge in [-0.1, -0.05) is 0 Å². The van der Waals surface area contributed by atoms with Gasteiger partial charge in [0.1, 0.15) is 0 Å². The molecule has 0 amide bonds. The fourth-order valence-corrected chi connectivity index (χ4v) is 5.37. The summed E-state index contributed by atoms with van der Waals surface area (Å²) in [5, 5.41) is 0.173. The van der Waals surface area contributed by atoms with E-state index < -0.39 is 0 Å². The monoisotopic (exact) mass is 452 g/mol. The van der Waals surface area contributed by atoms with Gasteiger partial charge in [-0.15, -0.1) is 0 Å². The molecule has 33 heavy (non-hydrogen) atoms. The first-order valence-corrected chi connectivity index (χ1v) is 14.4. The van der Waals surface area contributed by atoms with Crippen LogP contribution in [0, 0.1) is 5.41 Å². The second-order valence-electron chi connectivity index (χ2n) is 11.5. The van der Waals surface area contributed by atoms with Crippen molar-refractivity contribution in [3.63, 3.8) is 0 Å². The van der Waals surface area contributed by atoms with Crippen LogP contribution in [0.1, 0.15) is 142 Å². The summed E-state index contributed by atoms with van der Waals surface area (Å²) >= 11 is 0. The fourth-order valence-electron chi connectivity index (χ4n) is 5.37. The van der Waals surface area contributed by atoms with Crippen LogP contribution >= 0.6 is 0 Å². The number of hydrogen-bond donors (Lipinski definition) is 0. The van der Waals surface area contributed by atoms with Gasteiger partial charge in [0.2, 0.25) is 0 Å². The van der Waals surface area contributed by atoms with Crippen molar-refractivity contribution >= 4 is 19.9 Å². The van der Waals surface area contributed by atoms with E-state index in [9.17, 15) is 4.79 Å². The molecule has 0 fully saturated rings. The van der Waals surface area contributed by atoms with Crippen LogP contribution in [0.4, 0.5) is 0 Å². The maximum atomic E-state index is 13.4. The molecule has 1 aromatic heterocycles. The Kier molecular flexibility index (Phi) is 15.3. The van der Waals surface area contributed by atoms with Crippen LogP contribution in [0.2, 0.25) is 5.31 Å². The minimum absolute atomic E-state index is 0.173. The molecule has 0 aliphatic carbocycles. The first kappa shape index (κ1) is 30.2. The Morgan fingerprint density at radius 2 is 1.45 bits per heavy atom. The summed E-state index contributed by atoms with van der Waals surface area (Å²) in [6.07, 6.45) is 19.5. The molecule has 1 nitrogen and oxygen atoms in total. The zero-order chi connectivity index (χ0) is 24.6. The average Bonchev–Trinajstić information content (AvgIpc) is 2.79. The quantitative estimate of drug-likeness (QED) is 0.143. The molecule has 0 aliphatic heterocycles. The molecule has 0 aliphatic rings. The van der Waals surface area contributed by atoms with Crippen LogP contribution in [0.15, 0.2) is 18.1 Å². The van der Waals surface area contributed by atoms with Gasteiger partial charge in [-0.05, 0) is 0 Å². The van der Waals surface area contributed by atoms with Crippen molar-refractivity contribution in [2.75, 3.05) is 0 Å². The third-order valence-corrected chi connectivity index (χ3v) is 8.00. The normalized spacial score (nSPS) is 13.5. The van der Waals surface area contributed by atoms with Gasteiger partial charge in [0.25, 0.3) is 0 Å². The van der Waals surface area contributed by atoms with E-state index in [0.29, 0.717) is 17.5 Å². The zero-order valence-electron chi connectivity index (χ0n) is 23.2. The van der Waals surface area contributed by atoms with Gasteiger partial charge in [0, 0.05) is 0 Å². The Morgan fingerprint density at radius 3 is 2.00 bits per heavy atom. The first-order chi connectivity index (χ1) is 15.8. The average molecular weight is 452 g/mol.